The number of rotatable bonds is 9. The summed E-state index contributed by atoms with van der Waals surface area (Å²) >= 11 is 6.21. The van der Waals surface area contributed by atoms with Crippen molar-refractivity contribution in [3.8, 4) is 0 Å². The van der Waals surface area contributed by atoms with Crippen LogP contribution in [0.25, 0.3) is 0 Å². The fourth-order valence-electron chi connectivity index (χ4n) is 4.76. The standard InChI is InChI=1S/C26H34ClN5O3/c1-4-35-26(33)20-14-21(32-10-8-17(9-11-32)15-34-3)23(24(28)18-6-5-7-18)25(31-20)30-19-12-16(2)29-22(27)13-19/h12-14,17-18,28H,4-11,15H2,1-3H3,(H,29,30,31). The van der Waals surface area contributed by atoms with Crippen LogP contribution in [0, 0.1) is 24.2 Å². The second-order valence-corrected chi connectivity index (χ2v) is 9.73. The average Bonchev–Trinajstić information content (AvgIpc) is 2.77. The van der Waals surface area contributed by atoms with Crippen molar-refractivity contribution in [1.82, 2.24) is 9.97 Å². The molecule has 2 N–H and O–H groups in total. The SMILES string of the molecule is CCOC(=O)c1cc(N2CCC(COC)CC2)c(C(=N)C2CCC2)c(Nc2cc(C)nc(Cl)c2)n1. The first kappa shape index (κ1) is 25.4. The first-order chi connectivity index (χ1) is 16.9. The highest BCUT2D eigenvalue weighted by Crippen LogP contribution is 2.38. The highest BCUT2D eigenvalue weighted by Gasteiger charge is 2.31. The molecule has 0 spiro atoms. The van der Waals surface area contributed by atoms with Crippen molar-refractivity contribution >= 4 is 40.5 Å². The van der Waals surface area contributed by atoms with Crippen LogP contribution in [0.5, 0.6) is 0 Å². The van der Waals surface area contributed by atoms with E-state index < -0.39 is 5.97 Å². The third-order valence-corrected chi connectivity index (χ3v) is 7.00. The molecule has 9 heteroatoms. The fourth-order valence-corrected chi connectivity index (χ4v) is 5.01. The lowest BCUT2D eigenvalue weighted by Crippen LogP contribution is -2.37. The van der Waals surface area contributed by atoms with Gasteiger partial charge in [-0.15, -0.1) is 0 Å². The zero-order chi connectivity index (χ0) is 24.9. The number of halogens is 1. The number of nitrogens with one attached hydrogen (secondary N) is 2. The van der Waals surface area contributed by atoms with Crippen molar-refractivity contribution in [2.24, 2.45) is 11.8 Å². The monoisotopic (exact) mass is 499 g/mol. The number of aromatic nitrogens is 2. The molecule has 35 heavy (non-hydrogen) atoms. The summed E-state index contributed by atoms with van der Waals surface area (Å²) in [5.41, 5.74) is 3.87. The van der Waals surface area contributed by atoms with E-state index >= 15 is 0 Å². The zero-order valence-corrected chi connectivity index (χ0v) is 21.5. The summed E-state index contributed by atoms with van der Waals surface area (Å²) in [6.45, 7) is 6.31. The Morgan fingerprint density at radius 1 is 1.20 bits per heavy atom. The number of carbonyl (C=O) groups excluding carboxylic acids is 1. The van der Waals surface area contributed by atoms with Gasteiger partial charge in [0.2, 0.25) is 0 Å². The summed E-state index contributed by atoms with van der Waals surface area (Å²) in [5, 5.41) is 12.8. The molecule has 8 nitrogen and oxygen atoms in total. The maximum absolute atomic E-state index is 12.8. The van der Waals surface area contributed by atoms with Crippen LogP contribution in [0.1, 0.15) is 60.8 Å². The molecule has 2 fully saturated rings. The molecule has 0 atom stereocenters. The van der Waals surface area contributed by atoms with Crippen LogP contribution in [-0.4, -0.2) is 55.1 Å². The minimum atomic E-state index is -0.475. The Morgan fingerprint density at radius 3 is 2.54 bits per heavy atom. The van der Waals surface area contributed by atoms with Gasteiger partial charge in [-0.2, -0.15) is 0 Å². The molecule has 1 aliphatic heterocycles. The number of nitrogens with zero attached hydrogens (tertiary/aromatic N) is 3. The normalized spacial score (nSPS) is 16.6. The van der Waals surface area contributed by atoms with Crippen molar-refractivity contribution in [3.05, 3.63) is 40.3 Å². The maximum atomic E-state index is 12.8. The molecular weight excluding hydrogens is 466 g/mol. The molecule has 2 aromatic rings. The van der Waals surface area contributed by atoms with Gasteiger partial charge in [-0.1, -0.05) is 18.0 Å². The van der Waals surface area contributed by atoms with Crippen LogP contribution in [0.3, 0.4) is 0 Å². The molecule has 0 bridgehead atoms. The summed E-state index contributed by atoms with van der Waals surface area (Å²) in [7, 11) is 1.74. The van der Waals surface area contributed by atoms with Gasteiger partial charge in [0.15, 0.2) is 5.69 Å². The van der Waals surface area contributed by atoms with E-state index in [9.17, 15) is 4.79 Å². The van der Waals surface area contributed by atoms with Gasteiger partial charge < -0.3 is 25.1 Å². The molecule has 0 aromatic carbocycles. The summed E-state index contributed by atoms with van der Waals surface area (Å²) in [5.74, 6) is 0.704. The van der Waals surface area contributed by atoms with E-state index in [1.54, 1.807) is 26.2 Å². The number of piperidine rings is 1. The van der Waals surface area contributed by atoms with Crippen LogP contribution in [0.15, 0.2) is 18.2 Å². The highest BCUT2D eigenvalue weighted by molar-refractivity contribution is 6.29. The van der Waals surface area contributed by atoms with Gasteiger partial charge in [0.1, 0.15) is 11.0 Å². The Balaban J connectivity index is 1.80. The van der Waals surface area contributed by atoms with E-state index in [1.807, 2.05) is 13.0 Å². The largest absolute Gasteiger partial charge is 0.461 e. The van der Waals surface area contributed by atoms with E-state index in [0.717, 1.165) is 68.7 Å². The lowest BCUT2D eigenvalue weighted by atomic mass is 9.79. The Hall–Kier alpha value is -2.71. The first-order valence-corrected chi connectivity index (χ1v) is 12.7. The topological polar surface area (TPSA) is 100 Å². The summed E-state index contributed by atoms with van der Waals surface area (Å²) in [6, 6.07) is 5.39. The molecule has 2 aromatic heterocycles. The van der Waals surface area contributed by atoms with E-state index in [1.165, 1.54) is 0 Å². The van der Waals surface area contributed by atoms with E-state index in [-0.39, 0.29) is 18.2 Å². The van der Waals surface area contributed by atoms with Crippen LogP contribution in [-0.2, 0) is 9.47 Å². The number of methoxy groups -OCH3 is 1. The lowest BCUT2D eigenvalue weighted by molar-refractivity contribution is 0.0519. The van der Waals surface area contributed by atoms with Gasteiger partial charge in [-0.3, -0.25) is 0 Å². The summed E-state index contributed by atoms with van der Waals surface area (Å²) in [6.07, 6.45) is 5.09. The molecule has 1 aliphatic carbocycles. The third kappa shape index (κ3) is 5.93. The molecular formula is C26H34ClN5O3. The van der Waals surface area contributed by atoms with Gasteiger partial charge in [0.25, 0.3) is 0 Å². The quantitative estimate of drug-likeness (QED) is 0.271. The number of carbonyl (C=O) groups is 1. The number of aryl methyl sites for hydroxylation is 1. The van der Waals surface area contributed by atoms with E-state index in [0.29, 0.717) is 28.3 Å². The van der Waals surface area contributed by atoms with E-state index in [2.05, 4.69) is 20.2 Å². The van der Waals surface area contributed by atoms with Crippen molar-refractivity contribution in [2.45, 2.75) is 46.0 Å². The number of anilines is 3. The fraction of sp³-hybridized carbons (Fsp3) is 0.538. The maximum Gasteiger partial charge on any atom is 0.357 e. The minimum absolute atomic E-state index is 0.193. The zero-order valence-electron chi connectivity index (χ0n) is 20.7. The molecule has 188 valence electrons. The van der Waals surface area contributed by atoms with Gasteiger partial charge in [-0.05, 0) is 63.6 Å². The molecule has 1 saturated heterocycles. The number of hydrogen-bond donors (Lipinski definition) is 2. The van der Waals surface area contributed by atoms with Crippen LogP contribution in [0.2, 0.25) is 5.15 Å². The Labute approximate surface area is 211 Å². The predicted molar refractivity (Wildman–Crippen MR) is 138 cm³/mol. The molecule has 2 aliphatic rings. The molecule has 3 heterocycles. The lowest BCUT2D eigenvalue weighted by Gasteiger charge is -2.36. The number of hydrogen-bond acceptors (Lipinski definition) is 8. The number of pyridine rings is 2. The smallest absolute Gasteiger partial charge is 0.357 e. The van der Waals surface area contributed by atoms with Crippen molar-refractivity contribution in [1.29, 1.82) is 5.41 Å². The average molecular weight is 500 g/mol. The Morgan fingerprint density at radius 2 is 1.94 bits per heavy atom. The van der Waals surface area contributed by atoms with Gasteiger partial charge in [-0.25, -0.2) is 14.8 Å². The van der Waals surface area contributed by atoms with Gasteiger partial charge in [0.05, 0.1) is 17.9 Å². The van der Waals surface area contributed by atoms with Crippen LogP contribution >= 0.6 is 11.6 Å². The van der Waals surface area contributed by atoms with Gasteiger partial charge >= 0.3 is 5.97 Å². The Bertz CT molecular complexity index is 1060. The van der Waals surface area contributed by atoms with E-state index in [4.69, 9.17) is 26.5 Å². The predicted octanol–water partition coefficient (Wildman–Crippen LogP) is 5.39. The van der Waals surface area contributed by atoms with Crippen LogP contribution in [0.4, 0.5) is 17.2 Å². The second kappa shape index (κ2) is 11.4. The summed E-state index contributed by atoms with van der Waals surface area (Å²) in [4.78, 5) is 24.0. The first-order valence-electron chi connectivity index (χ1n) is 12.4. The third-order valence-electron chi connectivity index (χ3n) is 6.81. The molecule has 0 amide bonds. The number of ether oxygens (including phenoxy) is 2. The van der Waals surface area contributed by atoms with Gasteiger partial charge in [0, 0.05) is 49.8 Å². The summed E-state index contributed by atoms with van der Waals surface area (Å²) < 4.78 is 10.7. The van der Waals surface area contributed by atoms with Crippen LogP contribution < -0.4 is 10.2 Å². The Kier molecular flexibility index (Phi) is 8.23. The molecule has 1 saturated carbocycles. The van der Waals surface area contributed by atoms with Crippen molar-refractivity contribution in [3.63, 3.8) is 0 Å². The molecule has 0 radical (unpaired) electrons. The molecule has 0 unspecified atom stereocenters. The number of esters is 1. The van der Waals surface area contributed by atoms with Crippen molar-refractivity contribution < 1.29 is 14.3 Å². The second-order valence-electron chi connectivity index (χ2n) is 9.34. The molecule has 4 rings (SSSR count). The van der Waals surface area contributed by atoms with Crippen molar-refractivity contribution in [2.75, 3.05) is 43.6 Å². The minimum Gasteiger partial charge on any atom is -0.461 e. The highest BCUT2D eigenvalue weighted by atomic mass is 35.5.